The molecule has 0 saturated heterocycles. The van der Waals surface area contributed by atoms with Crippen molar-refractivity contribution in [2.24, 2.45) is 5.92 Å². The zero-order valence-corrected chi connectivity index (χ0v) is 12.6. The van der Waals surface area contributed by atoms with E-state index in [9.17, 15) is 13.2 Å². The molecule has 1 heterocycles. The molecule has 20 heavy (non-hydrogen) atoms. The first-order valence-corrected chi connectivity index (χ1v) is 7.98. The number of carbonyl (C=O) groups excluding carboxylic acids is 1. The second-order valence-electron chi connectivity index (χ2n) is 5.05. The van der Waals surface area contributed by atoms with E-state index in [1.54, 1.807) is 23.1 Å². The van der Waals surface area contributed by atoms with E-state index in [-0.39, 0.29) is 11.8 Å². The number of hydrogen-bond donors (Lipinski definition) is 2. The minimum atomic E-state index is -3.51. The van der Waals surface area contributed by atoms with Crippen LogP contribution in [0.15, 0.2) is 18.2 Å². The van der Waals surface area contributed by atoms with Gasteiger partial charge in [0.1, 0.15) is 0 Å². The van der Waals surface area contributed by atoms with Crippen molar-refractivity contribution in [3.8, 4) is 0 Å². The van der Waals surface area contributed by atoms with Gasteiger partial charge in [-0.3, -0.25) is 9.52 Å². The van der Waals surface area contributed by atoms with Crippen molar-refractivity contribution >= 4 is 27.5 Å². The highest BCUT2D eigenvalue weighted by Crippen LogP contribution is 2.31. The molecule has 6 nitrogen and oxygen atoms in total. The molecule has 0 aromatic heterocycles. The Balaban J connectivity index is 2.25. The van der Waals surface area contributed by atoms with Crippen LogP contribution in [0, 0.1) is 5.92 Å². The lowest BCUT2D eigenvalue weighted by molar-refractivity contribution is -0.121. The minimum Gasteiger partial charge on any atom is -0.312 e. The quantitative estimate of drug-likeness (QED) is 0.874. The Morgan fingerprint density at radius 2 is 2.05 bits per heavy atom. The molecule has 0 fully saturated rings. The number of hydrogen-bond acceptors (Lipinski definition) is 3. The molecule has 0 atom stereocenters. The Hall–Kier alpha value is -1.60. The van der Waals surface area contributed by atoms with Crippen molar-refractivity contribution in [2.75, 3.05) is 23.2 Å². The maximum absolute atomic E-state index is 12.1. The summed E-state index contributed by atoms with van der Waals surface area (Å²) < 4.78 is 27.5. The van der Waals surface area contributed by atoms with Crippen molar-refractivity contribution in [3.63, 3.8) is 0 Å². The molecule has 1 aliphatic heterocycles. The van der Waals surface area contributed by atoms with Crippen LogP contribution in [0.4, 0.5) is 11.4 Å². The van der Waals surface area contributed by atoms with Crippen molar-refractivity contribution in [2.45, 2.75) is 20.3 Å². The lowest BCUT2D eigenvalue weighted by atomic mass is 10.1. The Labute approximate surface area is 119 Å². The third-order valence-electron chi connectivity index (χ3n) is 3.26. The van der Waals surface area contributed by atoms with Crippen LogP contribution in [0.2, 0.25) is 0 Å². The number of anilines is 2. The third-order valence-corrected chi connectivity index (χ3v) is 4.30. The average molecular weight is 297 g/mol. The van der Waals surface area contributed by atoms with Crippen LogP contribution < -0.4 is 14.3 Å². The van der Waals surface area contributed by atoms with Crippen molar-refractivity contribution in [1.82, 2.24) is 4.72 Å². The highest BCUT2D eigenvalue weighted by Gasteiger charge is 2.26. The molecule has 1 aliphatic rings. The Bertz CT molecular complexity index is 626. The first-order chi connectivity index (χ1) is 9.34. The van der Waals surface area contributed by atoms with E-state index in [0.717, 1.165) is 17.7 Å². The lowest BCUT2D eigenvalue weighted by Gasteiger charge is -2.19. The summed E-state index contributed by atoms with van der Waals surface area (Å²) in [4.78, 5) is 13.8. The first-order valence-electron chi connectivity index (χ1n) is 6.49. The molecule has 0 spiro atoms. The molecule has 0 aliphatic carbocycles. The van der Waals surface area contributed by atoms with E-state index >= 15 is 0 Å². The van der Waals surface area contributed by atoms with E-state index in [1.807, 2.05) is 13.8 Å². The minimum absolute atomic E-state index is 0.0524. The lowest BCUT2D eigenvalue weighted by Crippen LogP contribution is -2.32. The summed E-state index contributed by atoms with van der Waals surface area (Å²) in [6, 6.07) is 5.23. The fraction of sp³-hybridized carbons (Fsp3) is 0.462. The summed E-state index contributed by atoms with van der Waals surface area (Å²) in [5.74, 6) is 0.0377. The maximum Gasteiger partial charge on any atom is 0.298 e. The van der Waals surface area contributed by atoms with E-state index in [4.69, 9.17) is 0 Å². The second kappa shape index (κ2) is 5.41. The fourth-order valence-electron chi connectivity index (χ4n) is 2.21. The van der Waals surface area contributed by atoms with E-state index in [0.29, 0.717) is 12.2 Å². The van der Waals surface area contributed by atoms with Crippen LogP contribution in [0.3, 0.4) is 0 Å². The molecule has 0 saturated carbocycles. The monoisotopic (exact) mass is 297 g/mol. The topological polar surface area (TPSA) is 78.5 Å². The number of nitrogens with zero attached hydrogens (tertiary/aromatic N) is 1. The second-order valence-corrected chi connectivity index (χ2v) is 6.67. The van der Waals surface area contributed by atoms with Crippen LogP contribution in [0.25, 0.3) is 0 Å². The molecule has 0 bridgehead atoms. The van der Waals surface area contributed by atoms with Gasteiger partial charge in [-0.05, 0) is 30.2 Å². The molecular weight excluding hydrogens is 278 g/mol. The summed E-state index contributed by atoms with van der Waals surface area (Å²) >= 11 is 0. The predicted molar refractivity (Wildman–Crippen MR) is 78.9 cm³/mol. The summed E-state index contributed by atoms with van der Waals surface area (Å²) in [5, 5.41) is 0. The zero-order chi connectivity index (χ0) is 14.9. The number of amides is 1. The molecule has 2 N–H and O–H groups in total. The molecule has 2 rings (SSSR count). The Morgan fingerprint density at radius 1 is 1.35 bits per heavy atom. The standard InChI is InChI=1S/C13H19N3O3S/c1-9(2)13(17)16-7-6-10-8-11(4-5-12(10)16)15-20(18,19)14-3/h4-5,8-9,14-15H,6-7H2,1-3H3. The summed E-state index contributed by atoms with van der Waals surface area (Å²) in [6.07, 6.45) is 0.739. The van der Waals surface area contributed by atoms with Gasteiger partial charge in [-0.15, -0.1) is 0 Å². The predicted octanol–water partition coefficient (Wildman–Crippen LogP) is 1.11. The Morgan fingerprint density at radius 3 is 2.65 bits per heavy atom. The van der Waals surface area contributed by atoms with Crippen molar-refractivity contribution in [3.05, 3.63) is 23.8 Å². The van der Waals surface area contributed by atoms with Gasteiger partial charge in [-0.25, -0.2) is 4.72 Å². The number of nitrogens with one attached hydrogen (secondary N) is 2. The maximum atomic E-state index is 12.1. The van der Waals surface area contributed by atoms with E-state index in [1.165, 1.54) is 7.05 Å². The highest BCUT2D eigenvalue weighted by molar-refractivity contribution is 7.90. The number of fused-ring (bicyclic) bond motifs is 1. The summed E-state index contributed by atoms with van der Waals surface area (Å²) in [7, 11) is -2.17. The molecule has 110 valence electrons. The molecule has 1 aromatic rings. The first kappa shape index (κ1) is 14.8. The van der Waals surface area contributed by atoms with Crippen LogP contribution in [-0.4, -0.2) is 27.9 Å². The van der Waals surface area contributed by atoms with Gasteiger partial charge in [-0.1, -0.05) is 13.8 Å². The highest BCUT2D eigenvalue weighted by atomic mass is 32.2. The van der Waals surface area contributed by atoms with Gasteiger partial charge < -0.3 is 4.90 Å². The van der Waals surface area contributed by atoms with Gasteiger partial charge in [0.2, 0.25) is 5.91 Å². The van der Waals surface area contributed by atoms with E-state index < -0.39 is 10.2 Å². The van der Waals surface area contributed by atoms with Gasteiger partial charge in [0.15, 0.2) is 0 Å². The van der Waals surface area contributed by atoms with Gasteiger partial charge in [0.25, 0.3) is 10.2 Å². The molecule has 0 radical (unpaired) electrons. The van der Waals surface area contributed by atoms with Crippen molar-refractivity contribution in [1.29, 1.82) is 0 Å². The van der Waals surface area contributed by atoms with Crippen molar-refractivity contribution < 1.29 is 13.2 Å². The number of carbonyl (C=O) groups is 1. The smallest absolute Gasteiger partial charge is 0.298 e. The Kier molecular flexibility index (Phi) is 4.01. The normalized spacial score (nSPS) is 14.5. The number of benzene rings is 1. The third kappa shape index (κ3) is 2.94. The van der Waals surface area contributed by atoms with Gasteiger partial charge in [0.05, 0.1) is 5.69 Å². The SMILES string of the molecule is CNS(=O)(=O)Nc1ccc2c(c1)CCN2C(=O)C(C)C. The molecule has 0 unspecified atom stereocenters. The molecule has 1 amide bonds. The van der Waals surface area contributed by atoms with Crippen LogP contribution in [0.1, 0.15) is 19.4 Å². The zero-order valence-electron chi connectivity index (χ0n) is 11.8. The summed E-state index contributed by atoms with van der Waals surface area (Å²) in [5.41, 5.74) is 2.35. The van der Waals surface area contributed by atoms with Gasteiger partial charge in [0, 0.05) is 25.2 Å². The van der Waals surface area contributed by atoms with Gasteiger partial charge >= 0.3 is 0 Å². The van der Waals surface area contributed by atoms with Crippen LogP contribution in [0.5, 0.6) is 0 Å². The van der Waals surface area contributed by atoms with Gasteiger partial charge in [-0.2, -0.15) is 8.42 Å². The average Bonchev–Trinajstić information content (AvgIpc) is 2.80. The fourth-order valence-corrected chi connectivity index (χ4v) is 2.75. The summed E-state index contributed by atoms with van der Waals surface area (Å²) in [6.45, 7) is 4.39. The van der Waals surface area contributed by atoms with Crippen LogP contribution >= 0.6 is 0 Å². The molecule has 1 aromatic carbocycles. The van der Waals surface area contributed by atoms with E-state index in [2.05, 4.69) is 9.44 Å². The molecule has 7 heteroatoms. The van der Waals surface area contributed by atoms with Crippen LogP contribution in [-0.2, 0) is 21.4 Å². The molecular formula is C13H19N3O3S. The largest absolute Gasteiger partial charge is 0.312 e. The number of rotatable bonds is 4.